The molecule has 17 heavy (non-hydrogen) atoms. The van der Waals surface area contributed by atoms with E-state index in [2.05, 4.69) is 4.98 Å². The number of nitrogens with one attached hydrogen (secondary N) is 2. The standard InChI is InChI=1S/C11H6N2O4/c14-9-7-8(12-11(16)13-9)5-3-1-2-4-6(5)17-10(7)15/h1-4H,(H2,12,13,14,16). The van der Waals surface area contributed by atoms with Crippen LogP contribution < -0.4 is 16.9 Å². The van der Waals surface area contributed by atoms with E-state index in [1.54, 1.807) is 24.3 Å². The Morgan fingerprint density at radius 2 is 1.76 bits per heavy atom. The Labute approximate surface area is 92.5 Å². The maximum atomic E-state index is 11.6. The predicted octanol–water partition coefficient (Wildman–Crippen LogP) is 0.323. The number of para-hydroxylation sites is 1. The van der Waals surface area contributed by atoms with Crippen LogP contribution in [0.2, 0.25) is 0 Å². The molecule has 6 nitrogen and oxygen atoms in total. The maximum Gasteiger partial charge on any atom is 0.351 e. The Morgan fingerprint density at radius 1 is 1.00 bits per heavy atom. The summed E-state index contributed by atoms with van der Waals surface area (Å²) in [5.74, 6) is 0. The second-order valence-corrected chi connectivity index (χ2v) is 3.54. The van der Waals surface area contributed by atoms with Crippen LogP contribution in [0.25, 0.3) is 21.9 Å². The highest BCUT2D eigenvalue weighted by Crippen LogP contribution is 2.17. The molecule has 0 fully saturated rings. The SMILES string of the molecule is O=c1[nH]c(=O)c2c(=O)oc3ccccc3c2[nH]1. The van der Waals surface area contributed by atoms with E-state index < -0.39 is 16.9 Å². The zero-order valence-corrected chi connectivity index (χ0v) is 8.44. The van der Waals surface area contributed by atoms with Gasteiger partial charge in [-0.1, -0.05) is 12.1 Å². The molecule has 2 N–H and O–H groups in total. The number of fused-ring (bicyclic) bond motifs is 3. The summed E-state index contributed by atoms with van der Waals surface area (Å²) in [7, 11) is 0. The molecule has 0 atom stereocenters. The summed E-state index contributed by atoms with van der Waals surface area (Å²) in [5.41, 5.74) is -1.64. The monoisotopic (exact) mass is 230 g/mol. The first-order chi connectivity index (χ1) is 8.16. The van der Waals surface area contributed by atoms with E-state index in [9.17, 15) is 14.4 Å². The van der Waals surface area contributed by atoms with Gasteiger partial charge in [-0.15, -0.1) is 0 Å². The molecular weight excluding hydrogens is 224 g/mol. The number of hydrogen-bond donors (Lipinski definition) is 2. The topological polar surface area (TPSA) is 95.9 Å². The van der Waals surface area contributed by atoms with Gasteiger partial charge in [-0.25, -0.2) is 9.59 Å². The Kier molecular flexibility index (Phi) is 1.79. The minimum Gasteiger partial charge on any atom is -0.422 e. The van der Waals surface area contributed by atoms with E-state index in [1.165, 1.54) is 0 Å². The Balaban J connectivity index is 2.80. The highest BCUT2D eigenvalue weighted by molar-refractivity contribution is 6.00. The van der Waals surface area contributed by atoms with Crippen molar-refractivity contribution in [3.63, 3.8) is 0 Å². The molecule has 2 heterocycles. The molecule has 84 valence electrons. The lowest BCUT2D eigenvalue weighted by molar-refractivity contribution is 0.568. The van der Waals surface area contributed by atoms with Gasteiger partial charge in [0.05, 0.1) is 5.52 Å². The molecule has 3 rings (SSSR count). The normalized spacial score (nSPS) is 11.1. The summed E-state index contributed by atoms with van der Waals surface area (Å²) in [6, 6.07) is 6.68. The van der Waals surface area contributed by atoms with Crippen molar-refractivity contribution < 1.29 is 4.42 Å². The summed E-state index contributed by atoms with van der Waals surface area (Å²) in [6.45, 7) is 0. The van der Waals surface area contributed by atoms with Crippen molar-refractivity contribution in [2.24, 2.45) is 0 Å². The number of hydrogen-bond acceptors (Lipinski definition) is 4. The summed E-state index contributed by atoms with van der Waals surface area (Å²) < 4.78 is 5.00. The first-order valence-corrected chi connectivity index (χ1v) is 4.85. The van der Waals surface area contributed by atoms with Gasteiger partial charge in [0.15, 0.2) is 0 Å². The molecular formula is C11H6N2O4. The quantitative estimate of drug-likeness (QED) is 0.429. The van der Waals surface area contributed by atoms with Gasteiger partial charge in [0.25, 0.3) is 5.56 Å². The van der Waals surface area contributed by atoms with E-state index in [4.69, 9.17) is 4.42 Å². The first-order valence-electron chi connectivity index (χ1n) is 4.85. The van der Waals surface area contributed by atoms with E-state index in [0.29, 0.717) is 11.0 Å². The molecule has 1 aromatic carbocycles. The molecule has 0 unspecified atom stereocenters. The summed E-state index contributed by atoms with van der Waals surface area (Å²) in [6.07, 6.45) is 0. The summed E-state index contributed by atoms with van der Waals surface area (Å²) in [5, 5.41) is 0.341. The van der Waals surface area contributed by atoms with Crippen LogP contribution in [0, 0.1) is 0 Å². The molecule has 0 aliphatic heterocycles. The van der Waals surface area contributed by atoms with Crippen molar-refractivity contribution in [1.82, 2.24) is 9.97 Å². The van der Waals surface area contributed by atoms with E-state index in [-0.39, 0.29) is 10.9 Å². The molecule has 6 heteroatoms. The van der Waals surface area contributed by atoms with E-state index >= 15 is 0 Å². The number of rotatable bonds is 0. The average molecular weight is 230 g/mol. The molecule has 0 aliphatic carbocycles. The highest BCUT2D eigenvalue weighted by Gasteiger charge is 2.11. The lowest BCUT2D eigenvalue weighted by atomic mass is 10.2. The Bertz CT molecular complexity index is 901. The van der Waals surface area contributed by atoms with Crippen molar-refractivity contribution in [1.29, 1.82) is 0 Å². The fourth-order valence-corrected chi connectivity index (χ4v) is 1.80. The number of H-pyrrole nitrogens is 2. The summed E-state index contributed by atoms with van der Waals surface area (Å²) in [4.78, 5) is 38.8. The van der Waals surface area contributed by atoms with Crippen molar-refractivity contribution >= 4 is 21.9 Å². The third kappa shape index (κ3) is 1.31. The van der Waals surface area contributed by atoms with Gasteiger partial charge in [0.2, 0.25) is 0 Å². The van der Waals surface area contributed by atoms with Crippen LogP contribution in [-0.4, -0.2) is 9.97 Å². The minimum atomic E-state index is -0.767. The number of aromatic amines is 2. The van der Waals surface area contributed by atoms with Crippen LogP contribution in [0.3, 0.4) is 0 Å². The van der Waals surface area contributed by atoms with Crippen LogP contribution in [0.5, 0.6) is 0 Å². The number of aromatic nitrogens is 2. The van der Waals surface area contributed by atoms with Gasteiger partial charge in [0.1, 0.15) is 11.0 Å². The molecule has 3 aromatic rings. The fourth-order valence-electron chi connectivity index (χ4n) is 1.80. The molecule has 0 saturated carbocycles. The largest absolute Gasteiger partial charge is 0.422 e. The third-order valence-corrected chi connectivity index (χ3v) is 2.51. The minimum absolute atomic E-state index is 0.178. The zero-order chi connectivity index (χ0) is 12.0. The van der Waals surface area contributed by atoms with Crippen LogP contribution in [0.15, 0.2) is 43.1 Å². The van der Waals surface area contributed by atoms with Crippen molar-refractivity contribution in [3.05, 3.63) is 55.5 Å². The molecule has 0 aliphatic rings. The third-order valence-electron chi connectivity index (χ3n) is 2.51. The maximum absolute atomic E-state index is 11.6. The molecule has 0 radical (unpaired) electrons. The van der Waals surface area contributed by atoms with Crippen molar-refractivity contribution in [3.8, 4) is 0 Å². The van der Waals surface area contributed by atoms with Gasteiger partial charge in [-0.3, -0.25) is 9.78 Å². The molecule has 0 spiro atoms. The molecule has 0 bridgehead atoms. The zero-order valence-electron chi connectivity index (χ0n) is 8.44. The van der Waals surface area contributed by atoms with E-state index in [0.717, 1.165) is 0 Å². The van der Waals surface area contributed by atoms with Crippen molar-refractivity contribution in [2.75, 3.05) is 0 Å². The second-order valence-electron chi connectivity index (χ2n) is 3.54. The van der Waals surface area contributed by atoms with Gasteiger partial charge in [-0.2, -0.15) is 0 Å². The van der Waals surface area contributed by atoms with Gasteiger partial charge in [0, 0.05) is 5.39 Å². The van der Waals surface area contributed by atoms with Crippen LogP contribution in [-0.2, 0) is 0 Å². The molecule has 2 aromatic heterocycles. The number of benzene rings is 1. The van der Waals surface area contributed by atoms with E-state index in [1.807, 2.05) is 4.98 Å². The van der Waals surface area contributed by atoms with Crippen LogP contribution in [0.1, 0.15) is 0 Å². The highest BCUT2D eigenvalue weighted by atomic mass is 16.4. The van der Waals surface area contributed by atoms with Gasteiger partial charge >= 0.3 is 11.3 Å². The van der Waals surface area contributed by atoms with Crippen LogP contribution >= 0.6 is 0 Å². The summed E-state index contributed by atoms with van der Waals surface area (Å²) >= 11 is 0. The Hall–Kier alpha value is -2.63. The van der Waals surface area contributed by atoms with Gasteiger partial charge in [-0.05, 0) is 12.1 Å². The average Bonchev–Trinajstić information content (AvgIpc) is 2.28. The lowest BCUT2D eigenvalue weighted by Crippen LogP contribution is -2.26. The second kappa shape index (κ2) is 3.18. The predicted molar refractivity (Wildman–Crippen MR) is 61.2 cm³/mol. The first kappa shape index (κ1) is 9.59. The Morgan fingerprint density at radius 3 is 2.59 bits per heavy atom. The molecule has 0 amide bonds. The smallest absolute Gasteiger partial charge is 0.351 e. The molecule has 0 saturated heterocycles. The van der Waals surface area contributed by atoms with Gasteiger partial charge < -0.3 is 9.40 Å². The van der Waals surface area contributed by atoms with Crippen LogP contribution in [0.4, 0.5) is 0 Å². The van der Waals surface area contributed by atoms with Crippen molar-refractivity contribution in [2.45, 2.75) is 0 Å². The fraction of sp³-hybridized carbons (Fsp3) is 0. The lowest BCUT2D eigenvalue weighted by Gasteiger charge is -2.00.